The van der Waals surface area contributed by atoms with Gasteiger partial charge in [0.25, 0.3) is 0 Å². The van der Waals surface area contributed by atoms with Crippen molar-refractivity contribution >= 4 is 28.7 Å². The van der Waals surface area contributed by atoms with Crippen molar-refractivity contribution in [3.8, 4) is 0 Å². The van der Waals surface area contributed by atoms with E-state index in [9.17, 15) is 15.0 Å². The van der Waals surface area contributed by atoms with Gasteiger partial charge in [0.15, 0.2) is 17.2 Å². The molecule has 1 saturated carbocycles. The van der Waals surface area contributed by atoms with Crippen LogP contribution in [0, 0.1) is 5.92 Å². The smallest absolute Gasteiger partial charge is 0.319 e. The zero-order valence-electron chi connectivity index (χ0n) is 22.8. The molecule has 2 fully saturated rings. The molecular formula is C27H38N8O4. The predicted molar refractivity (Wildman–Crippen MR) is 147 cm³/mol. The Bertz CT molecular complexity index is 1320. The van der Waals surface area contributed by atoms with Gasteiger partial charge in [-0.1, -0.05) is 32.9 Å². The van der Waals surface area contributed by atoms with Crippen molar-refractivity contribution in [2.45, 2.75) is 63.0 Å². The van der Waals surface area contributed by atoms with Crippen molar-refractivity contribution in [2.24, 2.45) is 5.92 Å². The average Bonchev–Trinajstić information content (AvgIpc) is 3.41. The summed E-state index contributed by atoms with van der Waals surface area (Å²) in [4.78, 5) is 26.8. The number of amides is 2. The van der Waals surface area contributed by atoms with Gasteiger partial charge in [-0.15, -0.1) is 0 Å². The molecule has 2 aliphatic rings. The minimum atomic E-state index is -1.71. The lowest BCUT2D eigenvalue weighted by molar-refractivity contribution is -0.109. The molecular weight excluding hydrogens is 500 g/mol. The van der Waals surface area contributed by atoms with E-state index in [1.807, 2.05) is 31.3 Å². The third-order valence-corrected chi connectivity index (χ3v) is 7.98. The Labute approximate surface area is 227 Å². The Kier molecular flexibility index (Phi) is 7.23. The molecule has 39 heavy (non-hydrogen) atoms. The van der Waals surface area contributed by atoms with Gasteiger partial charge in [0.05, 0.1) is 12.9 Å². The SMILES string of the molecule is CN(C[C@H]1OC[C@@](O)(n2cnc3c(N)ncnc32)[C@@H]1O)C1CC(CNC(=O)Nc2ccc(C(C)(C)C)cc2)C1. The summed E-state index contributed by atoms with van der Waals surface area (Å²) in [6.07, 6.45) is 2.76. The summed E-state index contributed by atoms with van der Waals surface area (Å²) in [5.41, 5.74) is 6.89. The number of benzene rings is 1. The summed E-state index contributed by atoms with van der Waals surface area (Å²) in [7, 11) is 1.98. The number of nitrogens with zero attached hydrogens (tertiary/aromatic N) is 5. The fraction of sp³-hybridized carbons (Fsp3) is 0.556. The first kappa shape index (κ1) is 27.3. The quantitative estimate of drug-likeness (QED) is 0.301. The van der Waals surface area contributed by atoms with Crippen LogP contribution in [0.15, 0.2) is 36.9 Å². The third-order valence-electron chi connectivity index (χ3n) is 7.98. The second-order valence-electron chi connectivity index (χ2n) is 11.8. The molecule has 0 spiro atoms. The molecule has 1 aromatic carbocycles. The molecule has 0 radical (unpaired) electrons. The monoisotopic (exact) mass is 538 g/mol. The highest BCUT2D eigenvalue weighted by molar-refractivity contribution is 5.89. The van der Waals surface area contributed by atoms with E-state index in [-0.39, 0.29) is 23.9 Å². The number of carbonyl (C=O) groups is 1. The van der Waals surface area contributed by atoms with Crippen LogP contribution in [-0.4, -0.2) is 85.7 Å². The molecule has 3 atom stereocenters. The number of hydrogen-bond donors (Lipinski definition) is 5. The van der Waals surface area contributed by atoms with Crippen LogP contribution in [0.1, 0.15) is 39.2 Å². The lowest BCUT2D eigenvalue weighted by Gasteiger charge is -2.42. The minimum absolute atomic E-state index is 0.0668. The molecule has 12 nitrogen and oxygen atoms in total. The van der Waals surface area contributed by atoms with E-state index in [1.165, 1.54) is 22.8 Å². The highest BCUT2D eigenvalue weighted by Crippen LogP contribution is 2.35. The maximum Gasteiger partial charge on any atom is 0.319 e. The number of anilines is 2. The summed E-state index contributed by atoms with van der Waals surface area (Å²) < 4.78 is 7.23. The number of imidazole rings is 1. The van der Waals surface area contributed by atoms with Crippen molar-refractivity contribution in [1.29, 1.82) is 0 Å². The maximum atomic E-state index is 12.4. The van der Waals surface area contributed by atoms with Crippen LogP contribution in [0.5, 0.6) is 0 Å². The Balaban J connectivity index is 1.07. The number of nitrogens with two attached hydrogens (primary N) is 1. The topological polar surface area (TPSA) is 164 Å². The van der Waals surface area contributed by atoms with Crippen LogP contribution >= 0.6 is 0 Å². The zero-order chi connectivity index (χ0) is 27.9. The van der Waals surface area contributed by atoms with Gasteiger partial charge in [-0.05, 0) is 48.9 Å². The first-order valence-electron chi connectivity index (χ1n) is 13.3. The number of urea groups is 1. The van der Waals surface area contributed by atoms with Crippen molar-refractivity contribution in [3.05, 3.63) is 42.5 Å². The van der Waals surface area contributed by atoms with E-state index in [2.05, 4.69) is 51.3 Å². The number of aliphatic hydroxyl groups excluding tert-OH is 1. The lowest BCUT2D eigenvalue weighted by Crippen LogP contribution is -2.52. The molecule has 12 heteroatoms. The minimum Gasteiger partial charge on any atom is -0.385 e. The van der Waals surface area contributed by atoms with Crippen molar-refractivity contribution in [1.82, 2.24) is 29.7 Å². The van der Waals surface area contributed by atoms with E-state index < -0.39 is 17.9 Å². The Hall–Kier alpha value is -3.32. The molecule has 5 rings (SSSR count). The second-order valence-corrected chi connectivity index (χ2v) is 11.8. The summed E-state index contributed by atoms with van der Waals surface area (Å²) in [5, 5.41) is 28.2. The molecule has 1 aliphatic carbocycles. The van der Waals surface area contributed by atoms with Crippen LogP contribution in [0.3, 0.4) is 0 Å². The Morgan fingerprint density at radius 1 is 1.23 bits per heavy atom. The van der Waals surface area contributed by atoms with Crippen LogP contribution in [0.25, 0.3) is 11.2 Å². The molecule has 210 valence electrons. The first-order chi connectivity index (χ1) is 18.5. The lowest BCUT2D eigenvalue weighted by atomic mass is 9.79. The number of carbonyl (C=O) groups excluding carboxylic acids is 1. The molecule has 2 amide bonds. The van der Waals surface area contributed by atoms with Crippen molar-refractivity contribution in [2.75, 3.05) is 37.8 Å². The standard InChI is InChI=1S/C27H38N8O4/c1-26(2,3)17-5-7-18(8-6-17)33-25(37)29-11-16-9-19(10-16)34(4)12-20-22(36)27(38,13-39-20)35-15-32-21-23(28)30-14-31-24(21)35/h5-8,14-16,19-20,22,36,38H,9-13H2,1-4H3,(H2,28,30,31)(H2,29,33,37)/t16?,19?,20-,22-,27+/m1/s1. The average molecular weight is 539 g/mol. The van der Waals surface area contributed by atoms with Crippen LogP contribution in [-0.2, 0) is 15.9 Å². The first-order valence-corrected chi connectivity index (χ1v) is 13.3. The number of fused-ring (bicyclic) bond motifs is 1. The molecule has 3 heterocycles. The number of ether oxygens (including phenoxy) is 1. The van der Waals surface area contributed by atoms with Gasteiger partial charge in [-0.3, -0.25) is 4.57 Å². The summed E-state index contributed by atoms with van der Waals surface area (Å²) in [6, 6.07) is 8.01. The Morgan fingerprint density at radius 2 is 1.95 bits per heavy atom. The number of aromatic nitrogens is 4. The van der Waals surface area contributed by atoms with E-state index in [0.717, 1.165) is 18.5 Å². The Morgan fingerprint density at radius 3 is 2.64 bits per heavy atom. The third kappa shape index (κ3) is 5.42. The highest BCUT2D eigenvalue weighted by atomic mass is 16.5. The van der Waals surface area contributed by atoms with E-state index >= 15 is 0 Å². The molecule has 1 aliphatic heterocycles. The summed E-state index contributed by atoms with van der Waals surface area (Å²) >= 11 is 0. The van der Waals surface area contributed by atoms with E-state index in [0.29, 0.717) is 36.2 Å². The normalized spacial score (nSPS) is 27.1. The van der Waals surface area contributed by atoms with Crippen molar-refractivity contribution in [3.63, 3.8) is 0 Å². The number of rotatable bonds is 7. The van der Waals surface area contributed by atoms with Crippen LogP contribution < -0.4 is 16.4 Å². The number of nitrogen functional groups attached to an aromatic ring is 1. The number of hydrogen-bond acceptors (Lipinski definition) is 9. The van der Waals surface area contributed by atoms with Crippen LogP contribution in [0.4, 0.5) is 16.3 Å². The van der Waals surface area contributed by atoms with Gasteiger partial charge in [-0.2, -0.15) is 0 Å². The molecule has 0 unspecified atom stereocenters. The number of likely N-dealkylation sites (N-methyl/N-ethyl adjacent to an activating group) is 1. The molecule has 6 N–H and O–H groups in total. The maximum absolute atomic E-state index is 12.4. The van der Waals surface area contributed by atoms with E-state index in [4.69, 9.17) is 10.5 Å². The van der Waals surface area contributed by atoms with Crippen molar-refractivity contribution < 1.29 is 19.7 Å². The van der Waals surface area contributed by atoms with E-state index in [1.54, 1.807) is 0 Å². The fourth-order valence-corrected chi connectivity index (χ4v) is 5.33. The van der Waals surface area contributed by atoms with Gasteiger partial charge in [0.1, 0.15) is 24.1 Å². The van der Waals surface area contributed by atoms with Gasteiger partial charge in [0, 0.05) is 24.8 Å². The molecule has 2 aromatic heterocycles. The van der Waals surface area contributed by atoms with Gasteiger partial charge < -0.3 is 36.2 Å². The zero-order valence-corrected chi connectivity index (χ0v) is 22.8. The predicted octanol–water partition coefficient (Wildman–Crippen LogP) is 1.64. The number of nitrogens with one attached hydrogen (secondary N) is 2. The number of aliphatic hydroxyl groups is 2. The summed E-state index contributed by atoms with van der Waals surface area (Å²) in [5.74, 6) is 0.577. The van der Waals surface area contributed by atoms with Crippen LogP contribution in [0.2, 0.25) is 0 Å². The highest BCUT2D eigenvalue weighted by Gasteiger charge is 2.51. The summed E-state index contributed by atoms with van der Waals surface area (Å²) in [6.45, 7) is 7.41. The van der Waals surface area contributed by atoms with Gasteiger partial charge in [0.2, 0.25) is 0 Å². The molecule has 3 aromatic rings. The second kappa shape index (κ2) is 10.3. The molecule has 0 bridgehead atoms. The van der Waals surface area contributed by atoms with Gasteiger partial charge >= 0.3 is 6.03 Å². The molecule has 1 saturated heterocycles. The largest absolute Gasteiger partial charge is 0.385 e. The van der Waals surface area contributed by atoms with Gasteiger partial charge in [-0.25, -0.2) is 19.7 Å². The fourth-order valence-electron chi connectivity index (χ4n) is 5.33.